The number of nitrogens with zero attached hydrogens (tertiary/aromatic N) is 2. The van der Waals surface area contributed by atoms with Crippen LogP contribution in [0.1, 0.15) is 22.0 Å². The summed E-state index contributed by atoms with van der Waals surface area (Å²) >= 11 is 0. The van der Waals surface area contributed by atoms with Crippen LogP contribution < -0.4 is 5.32 Å². The van der Waals surface area contributed by atoms with Crippen molar-refractivity contribution in [2.75, 3.05) is 6.54 Å². The normalized spacial score (nSPS) is 11.8. The first-order valence-corrected chi connectivity index (χ1v) is 9.43. The molecule has 1 amide bonds. The molecule has 5 heteroatoms. The Morgan fingerprint density at radius 1 is 0.931 bits per heavy atom. The maximum atomic E-state index is 12.6. The summed E-state index contributed by atoms with van der Waals surface area (Å²) in [5.74, 6) is -0.241. The highest BCUT2D eigenvalue weighted by atomic mass is 16.3. The smallest absolute Gasteiger partial charge is 0.251 e. The van der Waals surface area contributed by atoms with Crippen molar-refractivity contribution >= 4 is 5.91 Å². The molecule has 1 unspecified atom stereocenters. The molecule has 3 aromatic carbocycles. The van der Waals surface area contributed by atoms with Crippen LogP contribution in [0.2, 0.25) is 0 Å². The predicted octanol–water partition coefficient (Wildman–Crippen LogP) is 4.00. The van der Waals surface area contributed by atoms with Gasteiger partial charge in [-0.2, -0.15) is 5.10 Å². The van der Waals surface area contributed by atoms with Gasteiger partial charge in [0.1, 0.15) is 0 Å². The second-order valence-electron chi connectivity index (χ2n) is 6.68. The molecule has 29 heavy (non-hydrogen) atoms. The van der Waals surface area contributed by atoms with Crippen LogP contribution in [0.5, 0.6) is 0 Å². The summed E-state index contributed by atoms with van der Waals surface area (Å²) in [6.07, 6.45) is 0.991. The van der Waals surface area contributed by atoms with Gasteiger partial charge in [-0.15, -0.1) is 0 Å². The van der Waals surface area contributed by atoms with Gasteiger partial charge >= 0.3 is 0 Å². The zero-order valence-electron chi connectivity index (χ0n) is 15.8. The number of rotatable bonds is 6. The van der Waals surface area contributed by atoms with E-state index in [9.17, 15) is 9.90 Å². The van der Waals surface area contributed by atoms with Gasteiger partial charge in [-0.05, 0) is 29.8 Å². The summed E-state index contributed by atoms with van der Waals surface area (Å²) in [5, 5.41) is 17.5. The van der Waals surface area contributed by atoms with Crippen LogP contribution in [0.25, 0.3) is 16.9 Å². The minimum Gasteiger partial charge on any atom is -0.387 e. The Morgan fingerprint density at radius 2 is 1.66 bits per heavy atom. The molecular weight excluding hydrogens is 362 g/mol. The van der Waals surface area contributed by atoms with Gasteiger partial charge in [0.25, 0.3) is 5.91 Å². The lowest BCUT2D eigenvalue weighted by Crippen LogP contribution is -2.28. The van der Waals surface area contributed by atoms with E-state index < -0.39 is 6.10 Å². The van der Waals surface area contributed by atoms with Crippen LogP contribution in [-0.2, 0) is 0 Å². The molecule has 144 valence electrons. The molecule has 0 saturated heterocycles. The molecule has 0 bridgehead atoms. The van der Waals surface area contributed by atoms with Crippen molar-refractivity contribution in [2.45, 2.75) is 6.10 Å². The molecule has 0 fully saturated rings. The number of aliphatic hydroxyl groups excluding tert-OH is 1. The predicted molar refractivity (Wildman–Crippen MR) is 113 cm³/mol. The number of benzene rings is 3. The summed E-state index contributed by atoms with van der Waals surface area (Å²) in [6.45, 7) is 0.143. The summed E-state index contributed by atoms with van der Waals surface area (Å²) < 4.78 is 1.81. The fourth-order valence-electron chi connectivity index (χ4n) is 3.20. The number of carbonyl (C=O) groups excluding carboxylic acids is 1. The van der Waals surface area contributed by atoms with Crippen LogP contribution in [0, 0.1) is 0 Å². The Labute approximate surface area is 169 Å². The van der Waals surface area contributed by atoms with Crippen LogP contribution in [0.3, 0.4) is 0 Å². The first kappa shape index (κ1) is 18.7. The highest BCUT2D eigenvalue weighted by Gasteiger charge is 2.13. The van der Waals surface area contributed by atoms with E-state index in [1.54, 1.807) is 18.3 Å². The molecule has 0 radical (unpaired) electrons. The van der Waals surface area contributed by atoms with Gasteiger partial charge in [0.05, 0.1) is 23.7 Å². The molecule has 1 atom stereocenters. The molecule has 5 nitrogen and oxygen atoms in total. The van der Waals surface area contributed by atoms with Gasteiger partial charge in [0.2, 0.25) is 0 Å². The fourth-order valence-corrected chi connectivity index (χ4v) is 3.20. The lowest BCUT2D eigenvalue weighted by molar-refractivity contribution is 0.0916. The van der Waals surface area contributed by atoms with E-state index in [2.05, 4.69) is 10.4 Å². The molecule has 0 aliphatic heterocycles. The summed E-state index contributed by atoms with van der Waals surface area (Å²) in [5.41, 5.74) is 4.07. The average Bonchev–Trinajstić information content (AvgIpc) is 3.28. The third-order valence-electron chi connectivity index (χ3n) is 4.71. The number of amides is 1. The van der Waals surface area contributed by atoms with E-state index in [1.165, 1.54) is 0 Å². The minimum absolute atomic E-state index is 0.143. The molecule has 0 aliphatic rings. The fraction of sp³-hybridized carbons (Fsp3) is 0.0833. The topological polar surface area (TPSA) is 67.2 Å². The molecule has 0 aliphatic carbocycles. The quantitative estimate of drug-likeness (QED) is 0.529. The van der Waals surface area contributed by atoms with Gasteiger partial charge in [-0.1, -0.05) is 66.7 Å². The van der Waals surface area contributed by atoms with Crippen molar-refractivity contribution in [2.24, 2.45) is 0 Å². The Balaban J connectivity index is 1.51. The van der Waals surface area contributed by atoms with Crippen molar-refractivity contribution in [1.82, 2.24) is 15.1 Å². The summed E-state index contributed by atoms with van der Waals surface area (Å²) in [7, 11) is 0. The standard InChI is InChI=1S/C24H21N3O2/c28-23(19-10-5-2-6-11-19)17-25-24(29)20-12-7-13-21(16-20)27-22(14-15-26-27)18-8-3-1-4-9-18/h1-16,23,28H,17H2,(H,25,29). The average molecular weight is 383 g/mol. The number of aliphatic hydroxyl groups is 1. The van der Waals surface area contributed by atoms with E-state index in [1.807, 2.05) is 83.5 Å². The number of hydrogen-bond donors (Lipinski definition) is 2. The summed E-state index contributed by atoms with van der Waals surface area (Å²) in [6, 6.07) is 28.5. The Morgan fingerprint density at radius 3 is 2.41 bits per heavy atom. The van der Waals surface area contributed by atoms with E-state index in [0.29, 0.717) is 5.56 Å². The largest absolute Gasteiger partial charge is 0.387 e. The third-order valence-corrected chi connectivity index (χ3v) is 4.71. The number of nitrogens with one attached hydrogen (secondary N) is 1. The zero-order valence-corrected chi connectivity index (χ0v) is 15.8. The maximum absolute atomic E-state index is 12.6. The Kier molecular flexibility index (Phi) is 5.49. The lowest BCUT2D eigenvalue weighted by atomic mass is 10.1. The van der Waals surface area contributed by atoms with Crippen molar-refractivity contribution in [3.63, 3.8) is 0 Å². The third kappa shape index (κ3) is 4.25. The molecule has 0 saturated carbocycles. The lowest BCUT2D eigenvalue weighted by Gasteiger charge is -2.13. The minimum atomic E-state index is -0.751. The van der Waals surface area contributed by atoms with Crippen molar-refractivity contribution in [1.29, 1.82) is 0 Å². The molecule has 4 aromatic rings. The number of hydrogen-bond acceptors (Lipinski definition) is 3. The second-order valence-corrected chi connectivity index (χ2v) is 6.68. The highest BCUT2D eigenvalue weighted by molar-refractivity contribution is 5.94. The highest BCUT2D eigenvalue weighted by Crippen LogP contribution is 2.22. The monoisotopic (exact) mass is 383 g/mol. The Hall–Kier alpha value is -3.70. The van der Waals surface area contributed by atoms with Gasteiger partial charge in [0, 0.05) is 17.7 Å². The summed E-state index contributed by atoms with van der Waals surface area (Å²) in [4.78, 5) is 12.6. The molecule has 1 aromatic heterocycles. The molecule has 0 spiro atoms. The van der Waals surface area contributed by atoms with Gasteiger partial charge in [-0.25, -0.2) is 4.68 Å². The SMILES string of the molecule is O=C(NCC(O)c1ccccc1)c1cccc(-n2nccc2-c2ccccc2)c1. The van der Waals surface area contributed by atoms with Crippen molar-refractivity contribution in [3.05, 3.63) is 108 Å². The van der Waals surface area contributed by atoms with Crippen molar-refractivity contribution in [3.8, 4) is 16.9 Å². The number of aromatic nitrogens is 2. The Bertz CT molecular complexity index is 1090. The second kappa shape index (κ2) is 8.54. The van der Waals surface area contributed by atoms with Crippen molar-refractivity contribution < 1.29 is 9.90 Å². The van der Waals surface area contributed by atoms with E-state index in [0.717, 1.165) is 22.5 Å². The maximum Gasteiger partial charge on any atom is 0.251 e. The first-order valence-electron chi connectivity index (χ1n) is 9.43. The molecule has 1 heterocycles. The molecule has 2 N–H and O–H groups in total. The van der Waals surface area contributed by atoms with Crippen LogP contribution in [0.4, 0.5) is 0 Å². The number of carbonyl (C=O) groups is 1. The first-order chi connectivity index (χ1) is 14.2. The van der Waals surface area contributed by atoms with Crippen LogP contribution >= 0.6 is 0 Å². The van der Waals surface area contributed by atoms with Gasteiger partial charge in [0.15, 0.2) is 0 Å². The zero-order chi connectivity index (χ0) is 20.1. The van der Waals surface area contributed by atoms with E-state index >= 15 is 0 Å². The van der Waals surface area contributed by atoms with Crippen LogP contribution in [0.15, 0.2) is 97.2 Å². The van der Waals surface area contributed by atoms with E-state index in [4.69, 9.17) is 0 Å². The van der Waals surface area contributed by atoms with E-state index in [-0.39, 0.29) is 12.5 Å². The van der Waals surface area contributed by atoms with Gasteiger partial charge < -0.3 is 10.4 Å². The van der Waals surface area contributed by atoms with Crippen LogP contribution in [-0.4, -0.2) is 27.3 Å². The molecule has 4 rings (SSSR count). The van der Waals surface area contributed by atoms with Gasteiger partial charge in [-0.3, -0.25) is 4.79 Å². The molecular formula is C24H21N3O2.